The van der Waals surface area contributed by atoms with E-state index in [1.807, 2.05) is 84.9 Å². The van der Waals surface area contributed by atoms with Crippen molar-refractivity contribution in [2.75, 3.05) is 26.7 Å². The molecule has 1 fully saturated rings. The number of alkyl carbamates (subject to hydrolysis) is 1. The SMILES string of the molecule is CN[C@@H](C)C(=O)N[C@@H](CCCCNC(=O)OCC1c2ccccc2-c2ccccc21)C(=O)N1CCC[C@H]1C(=O)NC(c1ccccc1)c1ccccc1. The number of nitrogens with one attached hydrogen (secondary N) is 4. The van der Waals surface area contributed by atoms with E-state index in [0.717, 1.165) is 22.3 Å². The first kappa shape index (κ1) is 37.3. The summed E-state index contributed by atoms with van der Waals surface area (Å²) in [6.45, 7) is 2.74. The van der Waals surface area contributed by atoms with Crippen LogP contribution in [0.25, 0.3) is 11.1 Å². The van der Waals surface area contributed by atoms with Gasteiger partial charge < -0.3 is 30.9 Å². The van der Waals surface area contributed by atoms with E-state index in [-0.39, 0.29) is 36.3 Å². The molecule has 10 nitrogen and oxygen atoms in total. The first-order chi connectivity index (χ1) is 25.9. The molecular formula is C43H49N5O5. The van der Waals surface area contributed by atoms with Gasteiger partial charge in [-0.2, -0.15) is 0 Å². The fraction of sp³-hybridized carbons (Fsp3) is 0.349. The summed E-state index contributed by atoms with van der Waals surface area (Å²) >= 11 is 0. The highest BCUT2D eigenvalue weighted by Gasteiger charge is 2.38. The second kappa shape index (κ2) is 17.8. The summed E-state index contributed by atoms with van der Waals surface area (Å²) in [5.74, 6) is -0.826. The maximum Gasteiger partial charge on any atom is 0.407 e. The Morgan fingerprint density at radius 1 is 0.774 bits per heavy atom. The molecule has 4 amide bonds. The molecule has 3 atom stereocenters. The quantitative estimate of drug-likeness (QED) is 0.117. The van der Waals surface area contributed by atoms with Crippen LogP contribution in [0.1, 0.15) is 73.2 Å². The van der Waals surface area contributed by atoms with Gasteiger partial charge in [-0.15, -0.1) is 0 Å². The maximum absolute atomic E-state index is 14.1. The Balaban J connectivity index is 1.04. The molecule has 1 aliphatic carbocycles. The summed E-state index contributed by atoms with van der Waals surface area (Å²) in [5, 5.41) is 11.9. The van der Waals surface area contributed by atoms with Crippen LogP contribution in [0.15, 0.2) is 109 Å². The molecule has 0 spiro atoms. The maximum atomic E-state index is 14.1. The largest absolute Gasteiger partial charge is 0.449 e. The van der Waals surface area contributed by atoms with Crippen LogP contribution in [-0.2, 0) is 19.1 Å². The summed E-state index contributed by atoms with van der Waals surface area (Å²) in [6.07, 6.45) is 2.21. The molecule has 0 saturated carbocycles. The predicted molar refractivity (Wildman–Crippen MR) is 205 cm³/mol. The van der Waals surface area contributed by atoms with E-state index in [4.69, 9.17) is 4.74 Å². The third-order valence-electron chi connectivity index (χ3n) is 10.4. The van der Waals surface area contributed by atoms with Crippen molar-refractivity contribution in [1.82, 2.24) is 26.2 Å². The third kappa shape index (κ3) is 8.95. The minimum Gasteiger partial charge on any atom is -0.449 e. The molecule has 0 aromatic heterocycles. The number of carbonyl (C=O) groups is 4. The zero-order valence-corrected chi connectivity index (χ0v) is 30.4. The van der Waals surface area contributed by atoms with Crippen molar-refractivity contribution in [1.29, 1.82) is 0 Å². The van der Waals surface area contributed by atoms with Gasteiger partial charge in [-0.05, 0) is 79.5 Å². The van der Waals surface area contributed by atoms with Crippen molar-refractivity contribution in [3.63, 3.8) is 0 Å². The summed E-state index contributed by atoms with van der Waals surface area (Å²) in [5.41, 5.74) is 6.53. The smallest absolute Gasteiger partial charge is 0.407 e. The van der Waals surface area contributed by atoms with Gasteiger partial charge in [0.1, 0.15) is 18.7 Å². The van der Waals surface area contributed by atoms with E-state index in [9.17, 15) is 19.2 Å². The van der Waals surface area contributed by atoms with Crippen molar-refractivity contribution in [3.8, 4) is 11.1 Å². The number of likely N-dealkylation sites (tertiary alicyclic amines) is 1. The van der Waals surface area contributed by atoms with Gasteiger partial charge in [0, 0.05) is 19.0 Å². The average Bonchev–Trinajstić information content (AvgIpc) is 3.82. The van der Waals surface area contributed by atoms with Crippen molar-refractivity contribution >= 4 is 23.8 Å². The van der Waals surface area contributed by atoms with Crippen LogP contribution in [0.2, 0.25) is 0 Å². The average molecular weight is 716 g/mol. The van der Waals surface area contributed by atoms with E-state index >= 15 is 0 Å². The monoisotopic (exact) mass is 715 g/mol. The van der Waals surface area contributed by atoms with E-state index in [1.54, 1.807) is 18.9 Å². The second-order valence-corrected chi connectivity index (χ2v) is 13.8. The third-order valence-corrected chi connectivity index (χ3v) is 10.4. The van der Waals surface area contributed by atoms with E-state index in [2.05, 4.69) is 45.5 Å². The van der Waals surface area contributed by atoms with Crippen LogP contribution >= 0.6 is 0 Å². The van der Waals surface area contributed by atoms with Gasteiger partial charge in [-0.3, -0.25) is 14.4 Å². The topological polar surface area (TPSA) is 129 Å². The number of likely N-dealkylation sites (N-methyl/N-ethyl adjacent to an activating group) is 1. The molecule has 1 aliphatic heterocycles. The van der Waals surface area contributed by atoms with Gasteiger partial charge in [0.15, 0.2) is 0 Å². The number of benzene rings is 4. The number of unbranched alkanes of at least 4 members (excludes halogenated alkanes) is 1. The van der Waals surface area contributed by atoms with Crippen molar-refractivity contribution in [3.05, 3.63) is 131 Å². The van der Waals surface area contributed by atoms with Crippen LogP contribution in [0, 0.1) is 0 Å². The van der Waals surface area contributed by atoms with Gasteiger partial charge in [0.05, 0.1) is 12.1 Å². The molecule has 4 aromatic carbocycles. The lowest BCUT2D eigenvalue weighted by Gasteiger charge is -2.30. The first-order valence-corrected chi connectivity index (χ1v) is 18.6. The number of nitrogens with zero attached hydrogens (tertiary/aromatic N) is 1. The molecule has 4 aromatic rings. The second-order valence-electron chi connectivity index (χ2n) is 13.8. The van der Waals surface area contributed by atoms with Crippen LogP contribution < -0.4 is 21.3 Å². The minimum absolute atomic E-state index is 0.0254. The number of hydrogen-bond acceptors (Lipinski definition) is 6. The van der Waals surface area contributed by atoms with Crippen LogP contribution in [-0.4, -0.2) is 73.6 Å². The molecule has 53 heavy (non-hydrogen) atoms. The highest BCUT2D eigenvalue weighted by molar-refractivity contribution is 5.93. The highest BCUT2D eigenvalue weighted by Crippen LogP contribution is 2.44. The molecule has 4 N–H and O–H groups in total. The van der Waals surface area contributed by atoms with Crippen LogP contribution in [0.5, 0.6) is 0 Å². The molecular weight excluding hydrogens is 667 g/mol. The molecule has 2 aliphatic rings. The Kier molecular flexibility index (Phi) is 12.5. The Bertz CT molecular complexity index is 1780. The summed E-state index contributed by atoms with van der Waals surface area (Å²) in [6, 6.07) is 33.6. The van der Waals surface area contributed by atoms with Gasteiger partial charge >= 0.3 is 6.09 Å². The van der Waals surface area contributed by atoms with Gasteiger partial charge in [-0.1, -0.05) is 109 Å². The van der Waals surface area contributed by atoms with Crippen LogP contribution in [0.4, 0.5) is 4.79 Å². The lowest BCUT2D eigenvalue weighted by molar-refractivity contribution is -0.142. The Hall–Kier alpha value is -5.48. The lowest BCUT2D eigenvalue weighted by Crippen LogP contribution is -2.55. The number of ether oxygens (including phenoxy) is 1. The van der Waals surface area contributed by atoms with Gasteiger partial charge in [-0.25, -0.2) is 4.79 Å². The molecule has 0 unspecified atom stereocenters. The number of amides is 4. The molecule has 10 heteroatoms. The molecule has 1 heterocycles. The summed E-state index contributed by atoms with van der Waals surface area (Å²) in [7, 11) is 1.69. The van der Waals surface area contributed by atoms with E-state index in [0.29, 0.717) is 45.2 Å². The molecule has 276 valence electrons. The Morgan fingerprint density at radius 3 is 1.96 bits per heavy atom. The van der Waals surface area contributed by atoms with Crippen LogP contribution in [0.3, 0.4) is 0 Å². The first-order valence-electron chi connectivity index (χ1n) is 18.6. The standard InChI is InChI=1S/C43H49N5O5/c1-29(44-2)40(49)46-37(24-13-14-26-45-43(52)53-28-36-34-22-11-9-20-32(34)33-21-10-12-23-35(33)36)42(51)48-27-15-25-38(48)41(50)47-39(30-16-5-3-6-17-30)31-18-7-4-8-19-31/h3-12,16-23,29,36-39,44H,13-15,24-28H2,1-2H3,(H,45,52)(H,46,49)(H,47,50)/t29-,37-,38-/m0/s1. The fourth-order valence-electron chi connectivity index (χ4n) is 7.39. The van der Waals surface area contributed by atoms with E-state index in [1.165, 1.54) is 11.1 Å². The Labute approximate surface area is 311 Å². The normalized spacial score (nSPS) is 16.0. The number of carbonyl (C=O) groups excluding carboxylic acids is 4. The van der Waals surface area contributed by atoms with Gasteiger partial charge in [0.25, 0.3) is 0 Å². The van der Waals surface area contributed by atoms with Gasteiger partial charge in [0.2, 0.25) is 17.7 Å². The minimum atomic E-state index is -0.819. The predicted octanol–water partition coefficient (Wildman–Crippen LogP) is 5.68. The summed E-state index contributed by atoms with van der Waals surface area (Å²) < 4.78 is 5.67. The molecule has 0 radical (unpaired) electrons. The number of hydrogen-bond donors (Lipinski definition) is 4. The molecule has 0 bridgehead atoms. The van der Waals surface area contributed by atoms with Crippen molar-refractivity contribution in [2.45, 2.75) is 69.1 Å². The fourth-order valence-corrected chi connectivity index (χ4v) is 7.39. The number of fused-ring (bicyclic) bond motifs is 3. The molecule has 1 saturated heterocycles. The Morgan fingerprint density at radius 2 is 1.36 bits per heavy atom. The lowest BCUT2D eigenvalue weighted by atomic mass is 9.98. The zero-order valence-electron chi connectivity index (χ0n) is 30.4. The molecule has 6 rings (SSSR count). The van der Waals surface area contributed by atoms with E-state index < -0.39 is 24.2 Å². The van der Waals surface area contributed by atoms with Crippen molar-refractivity contribution < 1.29 is 23.9 Å². The number of rotatable bonds is 15. The zero-order chi connectivity index (χ0) is 37.2. The highest BCUT2D eigenvalue weighted by atomic mass is 16.5. The summed E-state index contributed by atoms with van der Waals surface area (Å²) in [4.78, 5) is 55.3. The van der Waals surface area contributed by atoms with Crippen molar-refractivity contribution in [2.24, 2.45) is 0 Å².